The number of aromatic nitrogens is 2. The Hall–Kier alpha value is -1.48. The molecular weight excluding hydrogens is 376 g/mol. The first kappa shape index (κ1) is 19.3. The summed E-state index contributed by atoms with van der Waals surface area (Å²) in [5, 5.41) is 3.99. The van der Waals surface area contributed by atoms with Crippen molar-refractivity contribution >= 4 is 22.4 Å². The average molecular weight is 399 g/mol. The third-order valence-electron chi connectivity index (χ3n) is 5.19. The van der Waals surface area contributed by atoms with Crippen molar-refractivity contribution in [3.8, 4) is 11.5 Å². The molecule has 0 radical (unpaired) electrons. The fourth-order valence-corrected chi connectivity index (χ4v) is 4.80. The summed E-state index contributed by atoms with van der Waals surface area (Å²) in [4.78, 5) is 4.59. The van der Waals surface area contributed by atoms with Gasteiger partial charge in [0.05, 0.1) is 10.4 Å². The molecule has 4 rings (SSSR count). The first-order chi connectivity index (χ1) is 12.0. The number of benzene rings is 1. The zero-order valence-corrected chi connectivity index (χ0v) is 16.0. The highest BCUT2D eigenvalue weighted by molar-refractivity contribution is 7.89. The minimum absolute atomic E-state index is 0. The van der Waals surface area contributed by atoms with Gasteiger partial charge in [0.15, 0.2) is 5.82 Å². The third-order valence-corrected chi connectivity index (χ3v) is 6.70. The highest BCUT2D eigenvalue weighted by Crippen LogP contribution is 2.37. The van der Waals surface area contributed by atoms with E-state index in [0.29, 0.717) is 17.3 Å². The molecule has 2 aliphatic carbocycles. The number of hydrogen-bond acceptors (Lipinski definition) is 6. The number of nitrogens with zero attached hydrogens (tertiary/aromatic N) is 2. The van der Waals surface area contributed by atoms with Gasteiger partial charge < -0.3 is 10.3 Å². The van der Waals surface area contributed by atoms with Gasteiger partial charge in [0.25, 0.3) is 5.89 Å². The smallest absolute Gasteiger partial charge is 0.258 e. The molecule has 2 fully saturated rings. The monoisotopic (exact) mass is 398 g/mol. The van der Waals surface area contributed by atoms with Gasteiger partial charge in [-0.15, -0.1) is 12.4 Å². The molecule has 3 N–H and O–H groups in total. The van der Waals surface area contributed by atoms with Crippen LogP contribution in [-0.4, -0.2) is 24.6 Å². The van der Waals surface area contributed by atoms with Crippen LogP contribution in [0.4, 0.5) is 0 Å². The number of rotatable bonds is 5. The third kappa shape index (κ3) is 3.64. The summed E-state index contributed by atoms with van der Waals surface area (Å²) in [5.74, 6) is 0.788. The Morgan fingerprint density at radius 3 is 2.58 bits per heavy atom. The van der Waals surface area contributed by atoms with Crippen molar-refractivity contribution in [3.63, 3.8) is 0 Å². The fraction of sp³-hybridized carbons (Fsp3) is 0.529. The summed E-state index contributed by atoms with van der Waals surface area (Å²) in [6.07, 6.45) is 6.66. The molecule has 0 bridgehead atoms. The number of sulfonamides is 1. The first-order valence-electron chi connectivity index (χ1n) is 8.72. The zero-order chi connectivity index (χ0) is 17.5. The summed E-state index contributed by atoms with van der Waals surface area (Å²) in [7, 11) is -3.55. The maximum absolute atomic E-state index is 12.6. The second kappa shape index (κ2) is 7.26. The highest BCUT2D eigenvalue weighted by atomic mass is 35.5. The molecule has 0 unspecified atom stereocenters. The molecule has 2 aliphatic rings. The van der Waals surface area contributed by atoms with Crippen LogP contribution in [0.5, 0.6) is 0 Å². The molecule has 1 aromatic heterocycles. The largest absolute Gasteiger partial charge is 0.334 e. The van der Waals surface area contributed by atoms with Gasteiger partial charge in [-0.3, -0.25) is 0 Å². The molecule has 0 spiro atoms. The lowest BCUT2D eigenvalue weighted by Gasteiger charge is -2.34. The minimum atomic E-state index is -3.55. The number of nitrogens with two attached hydrogens (primary N) is 1. The van der Waals surface area contributed by atoms with Crippen molar-refractivity contribution in [1.82, 2.24) is 14.9 Å². The van der Waals surface area contributed by atoms with Crippen LogP contribution in [0.15, 0.2) is 33.7 Å². The van der Waals surface area contributed by atoms with Crippen LogP contribution < -0.4 is 10.5 Å². The van der Waals surface area contributed by atoms with E-state index in [-0.39, 0.29) is 23.3 Å². The first-order valence-corrected chi connectivity index (χ1v) is 10.2. The van der Waals surface area contributed by atoms with Crippen molar-refractivity contribution in [3.05, 3.63) is 30.1 Å². The molecule has 2 saturated carbocycles. The second-order valence-electron chi connectivity index (χ2n) is 7.06. The van der Waals surface area contributed by atoms with Gasteiger partial charge in [-0.05, 0) is 50.3 Å². The molecule has 26 heavy (non-hydrogen) atoms. The van der Waals surface area contributed by atoms with E-state index in [4.69, 9.17) is 10.3 Å². The standard InChI is InChI=1S/C17H22N4O3S.ClH/c18-17(9-4-10-17)16-19-15(24-20-16)12-5-3-8-14(11-12)25(22,23)21-13-6-1-2-7-13;/h3,5,8,11,13,21H,1-2,4,6-7,9-10,18H2;1H. The molecule has 0 amide bonds. The van der Waals surface area contributed by atoms with Crippen LogP contribution in [0.2, 0.25) is 0 Å². The van der Waals surface area contributed by atoms with Crippen molar-refractivity contribution in [2.75, 3.05) is 0 Å². The predicted octanol–water partition coefficient (Wildman–Crippen LogP) is 2.72. The summed E-state index contributed by atoms with van der Waals surface area (Å²) in [6, 6.07) is 6.62. The maximum Gasteiger partial charge on any atom is 0.258 e. The van der Waals surface area contributed by atoms with E-state index in [1.807, 2.05) is 0 Å². The van der Waals surface area contributed by atoms with E-state index in [1.165, 1.54) is 0 Å². The zero-order valence-electron chi connectivity index (χ0n) is 14.3. The van der Waals surface area contributed by atoms with E-state index in [0.717, 1.165) is 44.9 Å². The Balaban J connectivity index is 0.00000196. The molecule has 7 nitrogen and oxygen atoms in total. The van der Waals surface area contributed by atoms with Gasteiger partial charge in [0.1, 0.15) is 0 Å². The van der Waals surface area contributed by atoms with Crippen LogP contribution in [0.1, 0.15) is 50.8 Å². The highest BCUT2D eigenvalue weighted by Gasteiger charge is 2.39. The van der Waals surface area contributed by atoms with Gasteiger partial charge >= 0.3 is 0 Å². The summed E-state index contributed by atoms with van der Waals surface area (Å²) in [6.45, 7) is 0. The van der Waals surface area contributed by atoms with E-state index in [9.17, 15) is 8.42 Å². The van der Waals surface area contributed by atoms with Crippen molar-refractivity contribution in [2.24, 2.45) is 5.73 Å². The number of nitrogens with one attached hydrogen (secondary N) is 1. The van der Waals surface area contributed by atoms with Gasteiger partial charge in [-0.1, -0.05) is 24.1 Å². The Kier molecular flexibility index (Phi) is 5.39. The molecule has 0 saturated heterocycles. The molecular formula is C17H23ClN4O3S. The lowest BCUT2D eigenvalue weighted by Crippen LogP contribution is -2.44. The van der Waals surface area contributed by atoms with Crippen LogP contribution in [0.3, 0.4) is 0 Å². The number of halogens is 1. The Morgan fingerprint density at radius 2 is 1.92 bits per heavy atom. The molecule has 1 aromatic carbocycles. The molecule has 0 atom stereocenters. The van der Waals surface area contributed by atoms with Crippen LogP contribution in [0, 0.1) is 0 Å². The average Bonchev–Trinajstić information content (AvgIpc) is 3.24. The van der Waals surface area contributed by atoms with Crippen LogP contribution in [0.25, 0.3) is 11.5 Å². The Labute approximate surface area is 159 Å². The molecule has 9 heteroatoms. The Bertz CT molecular complexity index is 874. The van der Waals surface area contributed by atoms with Crippen molar-refractivity contribution in [2.45, 2.75) is 61.4 Å². The van der Waals surface area contributed by atoms with Crippen molar-refractivity contribution in [1.29, 1.82) is 0 Å². The number of hydrogen-bond donors (Lipinski definition) is 2. The van der Waals surface area contributed by atoms with E-state index >= 15 is 0 Å². The lowest BCUT2D eigenvalue weighted by molar-refractivity contribution is 0.229. The van der Waals surface area contributed by atoms with Gasteiger partial charge in [0, 0.05) is 11.6 Å². The van der Waals surface area contributed by atoms with E-state index in [2.05, 4.69) is 14.9 Å². The topological polar surface area (TPSA) is 111 Å². The summed E-state index contributed by atoms with van der Waals surface area (Å²) >= 11 is 0. The molecule has 2 aromatic rings. The van der Waals surface area contributed by atoms with Gasteiger partial charge in [-0.2, -0.15) is 4.98 Å². The lowest BCUT2D eigenvalue weighted by atomic mass is 9.77. The van der Waals surface area contributed by atoms with E-state index in [1.54, 1.807) is 24.3 Å². The summed E-state index contributed by atoms with van der Waals surface area (Å²) in [5.41, 5.74) is 6.29. The van der Waals surface area contributed by atoms with Crippen molar-refractivity contribution < 1.29 is 12.9 Å². The second-order valence-corrected chi connectivity index (χ2v) is 8.78. The van der Waals surface area contributed by atoms with Crippen LogP contribution in [-0.2, 0) is 15.6 Å². The maximum atomic E-state index is 12.6. The normalized spacial score (nSPS) is 19.7. The SMILES string of the molecule is Cl.NC1(c2noc(-c3cccc(S(=O)(=O)NC4CCCC4)c3)n2)CCC1. The molecule has 0 aliphatic heterocycles. The minimum Gasteiger partial charge on any atom is -0.334 e. The summed E-state index contributed by atoms with van der Waals surface area (Å²) < 4.78 is 33.3. The molecule has 142 valence electrons. The van der Waals surface area contributed by atoms with E-state index < -0.39 is 15.6 Å². The quantitative estimate of drug-likeness (QED) is 0.800. The fourth-order valence-electron chi connectivity index (χ4n) is 3.45. The predicted molar refractivity (Wildman–Crippen MR) is 99.3 cm³/mol. The van der Waals surface area contributed by atoms with Gasteiger partial charge in [0.2, 0.25) is 10.0 Å². The Morgan fingerprint density at radius 1 is 1.19 bits per heavy atom. The van der Waals surface area contributed by atoms with Gasteiger partial charge in [-0.25, -0.2) is 13.1 Å². The molecule has 1 heterocycles. The van der Waals surface area contributed by atoms with Crippen LogP contribution >= 0.6 is 12.4 Å².